The van der Waals surface area contributed by atoms with Crippen molar-refractivity contribution in [1.82, 2.24) is 24.4 Å². The predicted octanol–water partition coefficient (Wildman–Crippen LogP) is 5.45. The first-order chi connectivity index (χ1) is 20.0. The molecule has 1 fully saturated rings. The zero-order valence-electron chi connectivity index (χ0n) is 25.1. The van der Waals surface area contributed by atoms with Crippen LogP contribution in [0.25, 0.3) is 16.9 Å². The van der Waals surface area contributed by atoms with E-state index in [1.54, 1.807) is 16.8 Å². The Hall–Kier alpha value is -4.02. The lowest BCUT2D eigenvalue weighted by molar-refractivity contribution is -0.160. The standard InChI is InChI=1S/C32H40N6O4/c1-7-17-41-32(6)13-15-36(16-14-32)29-27(28(30(39)40)42-31(3,4)5)22(2)34-26-18-25(35-38(26)29)24-19-33-37(21-24)20-23-11-9-8-10-12-23/h7-12,18-19,21,28H,1,13-17,20H2,2-6H3,(H,39,40)/t28-/m0/s1. The summed E-state index contributed by atoms with van der Waals surface area (Å²) in [5.74, 6) is -0.385. The number of carboxylic acids is 1. The molecule has 0 amide bonds. The summed E-state index contributed by atoms with van der Waals surface area (Å²) in [5, 5.41) is 19.9. The van der Waals surface area contributed by atoms with Gasteiger partial charge >= 0.3 is 5.97 Å². The van der Waals surface area contributed by atoms with E-state index in [0.717, 1.165) is 24.0 Å². The molecule has 4 heterocycles. The van der Waals surface area contributed by atoms with Crippen LogP contribution < -0.4 is 4.90 Å². The van der Waals surface area contributed by atoms with Gasteiger partial charge < -0.3 is 19.5 Å². The molecular weight excluding hydrogens is 532 g/mol. The Balaban J connectivity index is 1.58. The molecule has 1 saturated heterocycles. The van der Waals surface area contributed by atoms with E-state index in [1.165, 1.54) is 0 Å². The van der Waals surface area contributed by atoms with E-state index < -0.39 is 17.7 Å². The van der Waals surface area contributed by atoms with Crippen molar-refractivity contribution in [2.75, 3.05) is 24.6 Å². The molecule has 0 radical (unpaired) electrons. The Bertz CT molecular complexity index is 1560. The van der Waals surface area contributed by atoms with Crippen LogP contribution in [-0.2, 0) is 20.8 Å². The van der Waals surface area contributed by atoms with E-state index in [1.807, 2.05) is 62.8 Å². The first-order valence-corrected chi connectivity index (χ1v) is 14.3. The molecular formula is C32H40N6O4. The number of aliphatic carboxylic acids is 1. The number of hydrogen-bond donors (Lipinski definition) is 1. The van der Waals surface area contributed by atoms with Gasteiger partial charge in [0.05, 0.1) is 41.8 Å². The monoisotopic (exact) mass is 572 g/mol. The Morgan fingerprint density at radius 3 is 2.57 bits per heavy atom. The van der Waals surface area contributed by atoms with E-state index in [0.29, 0.717) is 54.7 Å². The summed E-state index contributed by atoms with van der Waals surface area (Å²) in [5.41, 5.74) is 3.47. The molecule has 0 unspecified atom stereocenters. The Kier molecular flexibility index (Phi) is 8.21. The van der Waals surface area contributed by atoms with Crippen molar-refractivity contribution in [3.8, 4) is 11.3 Å². The molecule has 1 atom stereocenters. The summed E-state index contributed by atoms with van der Waals surface area (Å²) in [4.78, 5) is 19.7. The number of ether oxygens (including phenoxy) is 2. The Morgan fingerprint density at radius 2 is 1.93 bits per heavy atom. The van der Waals surface area contributed by atoms with Gasteiger partial charge in [0.15, 0.2) is 11.8 Å². The number of carboxylic acid groups (broad SMARTS) is 1. The van der Waals surface area contributed by atoms with E-state index in [2.05, 4.69) is 35.6 Å². The van der Waals surface area contributed by atoms with Crippen LogP contribution in [0.15, 0.2) is 61.4 Å². The van der Waals surface area contributed by atoms with Gasteiger partial charge in [0.25, 0.3) is 0 Å². The van der Waals surface area contributed by atoms with Gasteiger partial charge in [0, 0.05) is 36.6 Å². The summed E-state index contributed by atoms with van der Waals surface area (Å²) in [6.45, 7) is 15.7. The topological polar surface area (TPSA) is 107 Å². The van der Waals surface area contributed by atoms with Crippen LogP contribution in [-0.4, -0.2) is 66.4 Å². The second-order valence-electron chi connectivity index (χ2n) is 12.1. The molecule has 4 aromatic rings. The van der Waals surface area contributed by atoms with Crippen LogP contribution in [0.4, 0.5) is 5.82 Å². The maximum absolute atomic E-state index is 12.7. The number of nitrogens with zero attached hydrogens (tertiary/aromatic N) is 6. The fourth-order valence-electron chi connectivity index (χ4n) is 5.40. The number of aryl methyl sites for hydroxylation is 1. The summed E-state index contributed by atoms with van der Waals surface area (Å²) >= 11 is 0. The normalized spacial score (nSPS) is 16.1. The zero-order valence-corrected chi connectivity index (χ0v) is 25.1. The molecule has 42 heavy (non-hydrogen) atoms. The van der Waals surface area contributed by atoms with Crippen molar-refractivity contribution in [3.63, 3.8) is 0 Å². The molecule has 1 aliphatic heterocycles. The minimum Gasteiger partial charge on any atom is -0.479 e. The van der Waals surface area contributed by atoms with Crippen LogP contribution in [0.1, 0.15) is 63.5 Å². The molecule has 0 saturated carbocycles. The molecule has 3 aromatic heterocycles. The number of piperidine rings is 1. The molecule has 1 aromatic carbocycles. The number of rotatable bonds is 10. The lowest BCUT2D eigenvalue weighted by atomic mass is 9.92. The van der Waals surface area contributed by atoms with E-state index >= 15 is 0 Å². The summed E-state index contributed by atoms with van der Waals surface area (Å²) in [6.07, 6.45) is 5.84. The molecule has 1 aliphatic rings. The van der Waals surface area contributed by atoms with Crippen molar-refractivity contribution in [2.24, 2.45) is 0 Å². The fraction of sp³-hybridized carbons (Fsp3) is 0.438. The maximum atomic E-state index is 12.7. The number of carbonyl (C=O) groups is 1. The number of aromatic nitrogens is 5. The van der Waals surface area contributed by atoms with Crippen LogP contribution in [0, 0.1) is 6.92 Å². The highest BCUT2D eigenvalue weighted by Crippen LogP contribution is 2.38. The molecule has 1 N–H and O–H groups in total. The van der Waals surface area contributed by atoms with Crippen molar-refractivity contribution >= 4 is 17.4 Å². The minimum absolute atomic E-state index is 0.289. The molecule has 0 spiro atoms. The smallest absolute Gasteiger partial charge is 0.337 e. The molecule has 222 valence electrons. The maximum Gasteiger partial charge on any atom is 0.337 e. The van der Waals surface area contributed by atoms with Gasteiger partial charge in [-0.2, -0.15) is 14.7 Å². The second-order valence-corrected chi connectivity index (χ2v) is 12.1. The SMILES string of the molecule is C=CCOC1(C)CCN(c2c([C@H](OC(C)(C)C)C(=O)O)c(C)nc3cc(-c4cnn(Cc5ccccc5)c4)nn23)CC1. The molecule has 5 rings (SSSR count). The first-order valence-electron chi connectivity index (χ1n) is 14.3. The van der Waals surface area contributed by atoms with E-state index in [-0.39, 0.29) is 5.60 Å². The highest BCUT2D eigenvalue weighted by Gasteiger charge is 2.37. The van der Waals surface area contributed by atoms with Gasteiger partial charge in [-0.15, -0.1) is 6.58 Å². The largest absolute Gasteiger partial charge is 0.479 e. The molecule has 10 heteroatoms. The van der Waals surface area contributed by atoms with Crippen molar-refractivity contribution in [1.29, 1.82) is 0 Å². The number of fused-ring (bicyclic) bond motifs is 1. The quantitative estimate of drug-likeness (QED) is 0.250. The zero-order chi connectivity index (χ0) is 30.1. The number of hydrogen-bond acceptors (Lipinski definition) is 7. The van der Waals surface area contributed by atoms with Crippen LogP contribution in [0.5, 0.6) is 0 Å². The Morgan fingerprint density at radius 1 is 1.21 bits per heavy atom. The van der Waals surface area contributed by atoms with Crippen molar-refractivity contribution in [2.45, 2.75) is 71.3 Å². The second kappa shape index (κ2) is 11.7. The van der Waals surface area contributed by atoms with E-state index in [4.69, 9.17) is 19.6 Å². The minimum atomic E-state index is -1.22. The summed E-state index contributed by atoms with van der Waals surface area (Å²) in [7, 11) is 0. The molecule has 10 nitrogen and oxygen atoms in total. The van der Waals surface area contributed by atoms with Gasteiger partial charge in [-0.05, 0) is 53.0 Å². The highest BCUT2D eigenvalue weighted by atomic mass is 16.5. The van der Waals surface area contributed by atoms with Crippen LogP contribution in [0.2, 0.25) is 0 Å². The lowest BCUT2D eigenvalue weighted by Crippen LogP contribution is -2.45. The van der Waals surface area contributed by atoms with Crippen molar-refractivity contribution in [3.05, 3.63) is 78.3 Å². The average Bonchev–Trinajstić information content (AvgIpc) is 3.58. The third kappa shape index (κ3) is 6.39. The fourth-order valence-corrected chi connectivity index (χ4v) is 5.40. The summed E-state index contributed by atoms with van der Waals surface area (Å²) < 4.78 is 15.9. The van der Waals surface area contributed by atoms with Gasteiger partial charge in [-0.25, -0.2) is 9.78 Å². The van der Waals surface area contributed by atoms with Crippen LogP contribution in [0.3, 0.4) is 0 Å². The first kappa shape index (κ1) is 29.5. The average molecular weight is 573 g/mol. The summed E-state index contributed by atoms with van der Waals surface area (Å²) in [6, 6.07) is 12.1. The number of benzene rings is 1. The lowest BCUT2D eigenvalue weighted by Gasteiger charge is -2.41. The van der Waals surface area contributed by atoms with Gasteiger partial charge in [-0.1, -0.05) is 36.4 Å². The van der Waals surface area contributed by atoms with Gasteiger partial charge in [-0.3, -0.25) is 4.68 Å². The van der Waals surface area contributed by atoms with Gasteiger partial charge in [0.2, 0.25) is 0 Å². The number of anilines is 1. The molecule has 0 bridgehead atoms. The van der Waals surface area contributed by atoms with Gasteiger partial charge in [0.1, 0.15) is 5.82 Å². The van der Waals surface area contributed by atoms with Crippen LogP contribution >= 0.6 is 0 Å². The third-order valence-corrected chi connectivity index (χ3v) is 7.55. The Labute approximate surface area is 246 Å². The van der Waals surface area contributed by atoms with E-state index in [9.17, 15) is 9.90 Å². The molecule has 0 aliphatic carbocycles. The van der Waals surface area contributed by atoms with Crippen molar-refractivity contribution < 1.29 is 19.4 Å². The highest BCUT2D eigenvalue weighted by molar-refractivity contribution is 5.79. The third-order valence-electron chi connectivity index (χ3n) is 7.55. The predicted molar refractivity (Wildman–Crippen MR) is 162 cm³/mol.